The van der Waals surface area contributed by atoms with Crippen LogP contribution in [0.25, 0.3) is 0 Å². The van der Waals surface area contributed by atoms with Crippen LogP contribution in [0.15, 0.2) is 60.7 Å². The number of carbonyl (C=O) groups excluding carboxylic acids is 1. The van der Waals surface area contributed by atoms with Crippen molar-refractivity contribution in [2.24, 2.45) is 5.92 Å². The van der Waals surface area contributed by atoms with Crippen LogP contribution in [-0.4, -0.2) is 11.9 Å². The zero-order valence-corrected chi connectivity index (χ0v) is 12.0. The standard InChI is InChI=1S/C18H21NO/c1-14(2)17(13-15-9-5-3-6-10-15)19-18(20)16-11-7-4-8-12-16/h3-12,14,17H,13H2,1-2H3,(H,19,20)/t17-/m1/s1. The van der Waals surface area contributed by atoms with E-state index >= 15 is 0 Å². The minimum Gasteiger partial charge on any atom is -0.349 e. The number of hydrogen-bond acceptors (Lipinski definition) is 1. The first-order valence-electron chi connectivity index (χ1n) is 7.06. The molecule has 1 amide bonds. The Hall–Kier alpha value is -2.09. The summed E-state index contributed by atoms with van der Waals surface area (Å²) in [5.41, 5.74) is 1.96. The van der Waals surface area contributed by atoms with Crippen molar-refractivity contribution in [3.05, 3.63) is 71.8 Å². The Kier molecular flexibility index (Phi) is 4.94. The molecule has 104 valence electrons. The molecule has 0 aromatic heterocycles. The Bertz CT molecular complexity index is 534. The van der Waals surface area contributed by atoms with Gasteiger partial charge in [-0.1, -0.05) is 62.4 Å². The first-order chi connectivity index (χ1) is 9.66. The largest absolute Gasteiger partial charge is 0.349 e. The lowest BCUT2D eigenvalue weighted by molar-refractivity contribution is 0.0926. The molecule has 0 aliphatic carbocycles. The molecule has 0 bridgehead atoms. The summed E-state index contributed by atoms with van der Waals surface area (Å²) < 4.78 is 0. The molecule has 2 rings (SSSR count). The van der Waals surface area contributed by atoms with E-state index < -0.39 is 0 Å². The number of benzene rings is 2. The molecule has 0 spiro atoms. The summed E-state index contributed by atoms with van der Waals surface area (Å²) in [7, 11) is 0. The monoisotopic (exact) mass is 267 g/mol. The van der Waals surface area contributed by atoms with Crippen LogP contribution in [0, 0.1) is 5.92 Å². The van der Waals surface area contributed by atoms with Crippen LogP contribution in [0.5, 0.6) is 0 Å². The lowest BCUT2D eigenvalue weighted by atomic mass is 9.96. The van der Waals surface area contributed by atoms with Crippen molar-refractivity contribution in [1.82, 2.24) is 5.32 Å². The Morgan fingerprint density at radius 2 is 1.50 bits per heavy atom. The highest BCUT2D eigenvalue weighted by Gasteiger charge is 2.17. The van der Waals surface area contributed by atoms with Gasteiger partial charge in [-0.2, -0.15) is 0 Å². The number of nitrogens with one attached hydrogen (secondary N) is 1. The van der Waals surface area contributed by atoms with E-state index in [2.05, 4.69) is 31.3 Å². The van der Waals surface area contributed by atoms with Crippen LogP contribution in [0.3, 0.4) is 0 Å². The van der Waals surface area contributed by atoms with E-state index in [1.165, 1.54) is 5.56 Å². The van der Waals surface area contributed by atoms with E-state index in [9.17, 15) is 4.79 Å². The van der Waals surface area contributed by atoms with Gasteiger partial charge in [0.15, 0.2) is 0 Å². The molecular formula is C18H21NO. The highest BCUT2D eigenvalue weighted by atomic mass is 16.1. The molecule has 0 saturated carbocycles. The van der Waals surface area contributed by atoms with Crippen LogP contribution in [0.2, 0.25) is 0 Å². The topological polar surface area (TPSA) is 29.1 Å². The summed E-state index contributed by atoms with van der Waals surface area (Å²) in [6.07, 6.45) is 0.858. The van der Waals surface area contributed by atoms with Gasteiger partial charge in [-0.15, -0.1) is 0 Å². The minimum atomic E-state index is 0.000214. The molecule has 2 heteroatoms. The Morgan fingerprint density at radius 3 is 2.05 bits per heavy atom. The molecule has 2 aromatic rings. The average Bonchev–Trinajstić information content (AvgIpc) is 2.48. The van der Waals surface area contributed by atoms with Gasteiger partial charge in [0.05, 0.1) is 0 Å². The number of rotatable bonds is 5. The van der Waals surface area contributed by atoms with E-state index in [4.69, 9.17) is 0 Å². The summed E-state index contributed by atoms with van der Waals surface area (Å²) in [6, 6.07) is 19.8. The second-order valence-corrected chi connectivity index (χ2v) is 5.38. The highest BCUT2D eigenvalue weighted by molar-refractivity contribution is 5.94. The minimum absolute atomic E-state index is 0.000214. The molecule has 0 radical (unpaired) electrons. The van der Waals surface area contributed by atoms with Crippen molar-refractivity contribution < 1.29 is 4.79 Å². The van der Waals surface area contributed by atoms with Gasteiger partial charge >= 0.3 is 0 Å². The van der Waals surface area contributed by atoms with Crippen LogP contribution < -0.4 is 5.32 Å². The molecule has 0 saturated heterocycles. The smallest absolute Gasteiger partial charge is 0.251 e. The lowest BCUT2D eigenvalue weighted by Crippen LogP contribution is -2.40. The van der Waals surface area contributed by atoms with Gasteiger partial charge < -0.3 is 5.32 Å². The third kappa shape index (κ3) is 3.95. The van der Waals surface area contributed by atoms with Gasteiger partial charge in [-0.3, -0.25) is 4.79 Å². The molecule has 0 fully saturated rings. The number of carbonyl (C=O) groups is 1. The Labute approximate surface area is 120 Å². The van der Waals surface area contributed by atoms with Crippen molar-refractivity contribution in [3.8, 4) is 0 Å². The van der Waals surface area contributed by atoms with Crippen LogP contribution in [-0.2, 0) is 6.42 Å². The zero-order valence-electron chi connectivity index (χ0n) is 12.0. The van der Waals surface area contributed by atoms with Crippen LogP contribution in [0.4, 0.5) is 0 Å². The zero-order chi connectivity index (χ0) is 14.4. The third-order valence-electron chi connectivity index (χ3n) is 3.46. The lowest BCUT2D eigenvalue weighted by Gasteiger charge is -2.22. The van der Waals surface area contributed by atoms with Crippen molar-refractivity contribution in [3.63, 3.8) is 0 Å². The quantitative estimate of drug-likeness (QED) is 0.879. The molecule has 20 heavy (non-hydrogen) atoms. The molecule has 0 unspecified atom stereocenters. The van der Waals surface area contributed by atoms with Gasteiger partial charge in [0.2, 0.25) is 0 Å². The number of amides is 1. The van der Waals surface area contributed by atoms with Crippen molar-refractivity contribution in [1.29, 1.82) is 0 Å². The van der Waals surface area contributed by atoms with Crippen molar-refractivity contribution in [2.45, 2.75) is 26.3 Å². The Balaban J connectivity index is 2.05. The summed E-state index contributed by atoms with van der Waals surface area (Å²) in [4.78, 5) is 12.2. The summed E-state index contributed by atoms with van der Waals surface area (Å²) in [6.45, 7) is 4.28. The van der Waals surface area contributed by atoms with Gasteiger partial charge in [0.25, 0.3) is 5.91 Å². The maximum Gasteiger partial charge on any atom is 0.251 e. The highest BCUT2D eigenvalue weighted by Crippen LogP contribution is 2.11. The second kappa shape index (κ2) is 6.90. The summed E-state index contributed by atoms with van der Waals surface area (Å²) >= 11 is 0. The summed E-state index contributed by atoms with van der Waals surface area (Å²) in [5.74, 6) is 0.392. The molecular weight excluding hydrogens is 246 g/mol. The fraction of sp³-hybridized carbons (Fsp3) is 0.278. The molecule has 0 aliphatic rings. The van der Waals surface area contributed by atoms with Gasteiger partial charge in [0.1, 0.15) is 0 Å². The normalized spacial score (nSPS) is 12.2. The van der Waals surface area contributed by atoms with Gasteiger partial charge in [-0.05, 0) is 30.0 Å². The predicted octanol–water partition coefficient (Wildman–Crippen LogP) is 3.68. The van der Waals surface area contributed by atoms with Gasteiger partial charge in [-0.25, -0.2) is 0 Å². The first kappa shape index (κ1) is 14.3. The average molecular weight is 267 g/mol. The van der Waals surface area contributed by atoms with E-state index in [-0.39, 0.29) is 11.9 Å². The fourth-order valence-electron chi connectivity index (χ4n) is 2.16. The Morgan fingerprint density at radius 1 is 0.950 bits per heavy atom. The molecule has 0 heterocycles. The SMILES string of the molecule is CC(C)[C@@H](Cc1ccccc1)NC(=O)c1ccccc1. The molecule has 1 atom stereocenters. The van der Waals surface area contributed by atoms with E-state index in [1.54, 1.807) is 0 Å². The maximum atomic E-state index is 12.2. The number of hydrogen-bond donors (Lipinski definition) is 1. The van der Waals surface area contributed by atoms with Crippen LogP contribution >= 0.6 is 0 Å². The van der Waals surface area contributed by atoms with E-state index in [1.807, 2.05) is 48.5 Å². The molecule has 2 nitrogen and oxygen atoms in total. The second-order valence-electron chi connectivity index (χ2n) is 5.38. The fourth-order valence-corrected chi connectivity index (χ4v) is 2.16. The van der Waals surface area contributed by atoms with Gasteiger partial charge in [0, 0.05) is 11.6 Å². The van der Waals surface area contributed by atoms with E-state index in [0.717, 1.165) is 6.42 Å². The predicted molar refractivity (Wildman–Crippen MR) is 82.7 cm³/mol. The maximum absolute atomic E-state index is 12.2. The van der Waals surface area contributed by atoms with E-state index in [0.29, 0.717) is 11.5 Å². The summed E-state index contributed by atoms with van der Waals surface area (Å²) in [5, 5.41) is 3.14. The van der Waals surface area contributed by atoms with Crippen LogP contribution in [0.1, 0.15) is 29.8 Å². The van der Waals surface area contributed by atoms with Crippen molar-refractivity contribution in [2.75, 3.05) is 0 Å². The van der Waals surface area contributed by atoms with Crippen molar-refractivity contribution >= 4 is 5.91 Å². The molecule has 1 N–H and O–H groups in total. The molecule has 0 aliphatic heterocycles. The molecule has 2 aromatic carbocycles. The third-order valence-corrected chi connectivity index (χ3v) is 3.46. The first-order valence-corrected chi connectivity index (χ1v) is 7.06.